The lowest BCUT2D eigenvalue weighted by Gasteiger charge is -2.29. The summed E-state index contributed by atoms with van der Waals surface area (Å²) >= 11 is 0. The summed E-state index contributed by atoms with van der Waals surface area (Å²) in [6.07, 6.45) is 3.75. The van der Waals surface area contributed by atoms with Gasteiger partial charge < -0.3 is 9.32 Å². The number of sulfonamides is 1. The number of hydrogen-bond donors (Lipinski definition) is 1. The van der Waals surface area contributed by atoms with E-state index in [4.69, 9.17) is 4.42 Å². The van der Waals surface area contributed by atoms with Crippen LogP contribution in [0.3, 0.4) is 0 Å². The molecule has 0 amide bonds. The van der Waals surface area contributed by atoms with Crippen LogP contribution in [0.25, 0.3) is 11.3 Å². The number of aryl methyl sites for hydroxylation is 1. The molecular weight excluding hydrogens is 326 g/mol. The van der Waals surface area contributed by atoms with Crippen LogP contribution in [0, 0.1) is 12.8 Å². The molecule has 1 fully saturated rings. The summed E-state index contributed by atoms with van der Waals surface area (Å²) in [5.74, 6) is 0.955. The summed E-state index contributed by atoms with van der Waals surface area (Å²) in [7, 11) is -1.41. The topological polar surface area (TPSA) is 75.4 Å². The third kappa shape index (κ3) is 4.03. The third-order valence-electron chi connectivity index (χ3n) is 4.36. The fraction of sp³-hybridized carbons (Fsp3) is 0.471. The average Bonchev–Trinajstić information content (AvgIpc) is 3.00. The largest absolute Gasteiger partial charge is 0.449 e. The predicted molar refractivity (Wildman–Crippen MR) is 92.1 cm³/mol. The number of aromatic nitrogens is 1. The Bertz CT molecular complexity index is 784. The van der Waals surface area contributed by atoms with Gasteiger partial charge in [0.1, 0.15) is 12.0 Å². The minimum Gasteiger partial charge on any atom is -0.449 e. The molecule has 0 radical (unpaired) electrons. The fourth-order valence-electron chi connectivity index (χ4n) is 3.05. The fourth-order valence-corrected chi connectivity index (χ4v) is 4.17. The Morgan fingerprint density at radius 3 is 2.71 bits per heavy atom. The standard InChI is InChI=1S/C17H23N3O3S/c1-13-19-17(12-23-13)15-5-7-16(8-6-15)24(21,22)18-10-14-4-3-9-20(2)11-14/h5-8,12,14,18H,3-4,9-11H2,1-2H3. The summed E-state index contributed by atoms with van der Waals surface area (Å²) in [6, 6.07) is 6.71. The van der Waals surface area contributed by atoms with Crippen LogP contribution in [0.5, 0.6) is 0 Å². The van der Waals surface area contributed by atoms with Gasteiger partial charge in [0.2, 0.25) is 10.0 Å². The van der Waals surface area contributed by atoms with Crippen molar-refractivity contribution in [3.63, 3.8) is 0 Å². The van der Waals surface area contributed by atoms with Crippen molar-refractivity contribution >= 4 is 10.0 Å². The molecule has 2 heterocycles. The van der Waals surface area contributed by atoms with E-state index >= 15 is 0 Å². The maximum Gasteiger partial charge on any atom is 0.240 e. The van der Waals surface area contributed by atoms with Gasteiger partial charge in [0.25, 0.3) is 0 Å². The molecule has 2 aromatic rings. The van der Waals surface area contributed by atoms with Gasteiger partial charge in [-0.2, -0.15) is 0 Å². The quantitative estimate of drug-likeness (QED) is 0.896. The van der Waals surface area contributed by atoms with Crippen LogP contribution in [0.2, 0.25) is 0 Å². The Kier molecular flexibility index (Phi) is 5.03. The van der Waals surface area contributed by atoms with Crippen molar-refractivity contribution in [2.24, 2.45) is 5.92 Å². The van der Waals surface area contributed by atoms with Gasteiger partial charge in [-0.15, -0.1) is 0 Å². The summed E-state index contributed by atoms with van der Waals surface area (Å²) in [5, 5.41) is 0. The number of nitrogens with one attached hydrogen (secondary N) is 1. The van der Waals surface area contributed by atoms with Crippen LogP contribution < -0.4 is 4.72 Å². The van der Waals surface area contributed by atoms with Crippen molar-refractivity contribution in [2.75, 3.05) is 26.7 Å². The van der Waals surface area contributed by atoms with Gasteiger partial charge in [-0.25, -0.2) is 18.1 Å². The summed E-state index contributed by atoms with van der Waals surface area (Å²) in [5.41, 5.74) is 1.54. The first-order chi connectivity index (χ1) is 11.4. The maximum atomic E-state index is 12.4. The van der Waals surface area contributed by atoms with Crippen LogP contribution in [0.15, 0.2) is 39.8 Å². The lowest BCUT2D eigenvalue weighted by molar-refractivity contribution is 0.211. The molecule has 1 aromatic heterocycles. The van der Waals surface area contributed by atoms with Gasteiger partial charge >= 0.3 is 0 Å². The van der Waals surface area contributed by atoms with Gasteiger partial charge in [0.15, 0.2) is 5.89 Å². The molecule has 24 heavy (non-hydrogen) atoms. The van der Waals surface area contributed by atoms with Gasteiger partial charge in [0.05, 0.1) is 4.90 Å². The molecule has 1 aliphatic heterocycles. The zero-order valence-corrected chi connectivity index (χ0v) is 14.8. The van der Waals surface area contributed by atoms with E-state index in [2.05, 4.69) is 21.7 Å². The summed E-state index contributed by atoms with van der Waals surface area (Å²) < 4.78 is 32.8. The maximum absolute atomic E-state index is 12.4. The molecule has 0 spiro atoms. The smallest absolute Gasteiger partial charge is 0.240 e. The van der Waals surface area contributed by atoms with Gasteiger partial charge in [0, 0.05) is 25.6 Å². The molecule has 1 N–H and O–H groups in total. The molecular formula is C17H23N3O3S. The van der Waals surface area contributed by atoms with Crippen LogP contribution in [0.4, 0.5) is 0 Å². The number of hydrogen-bond acceptors (Lipinski definition) is 5. The van der Waals surface area contributed by atoms with E-state index in [1.165, 1.54) is 0 Å². The number of likely N-dealkylation sites (tertiary alicyclic amines) is 1. The Morgan fingerprint density at radius 1 is 1.33 bits per heavy atom. The van der Waals surface area contributed by atoms with Gasteiger partial charge in [-0.3, -0.25) is 0 Å². The molecule has 1 unspecified atom stereocenters. The lowest BCUT2D eigenvalue weighted by Crippen LogP contribution is -2.39. The third-order valence-corrected chi connectivity index (χ3v) is 5.80. The highest BCUT2D eigenvalue weighted by molar-refractivity contribution is 7.89. The molecule has 6 nitrogen and oxygen atoms in total. The molecule has 1 aromatic carbocycles. The average molecular weight is 349 g/mol. The Balaban J connectivity index is 1.66. The number of oxazole rings is 1. The second-order valence-electron chi connectivity index (χ2n) is 6.40. The van der Waals surface area contributed by atoms with E-state index in [1.807, 2.05) is 0 Å². The van der Waals surface area contributed by atoms with E-state index in [-0.39, 0.29) is 4.90 Å². The number of piperidine rings is 1. The second kappa shape index (κ2) is 7.04. The highest BCUT2D eigenvalue weighted by Gasteiger charge is 2.21. The Morgan fingerprint density at radius 2 is 2.08 bits per heavy atom. The molecule has 0 aliphatic carbocycles. The lowest BCUT2D eigenvalue weighted by atomic mass is 9.99. The van der Waals surface area contributed by atoms with E-state index in [9.17, 15) is 8.42 Å². The van der Waals surface area contributed by atoms with Crippen molar-refractivity contribution in [1.82, 2.24) is 14.6 Å². The van der Waals surface area contributed by atoms with Gasteiger partial charge in [-0.1, -0.05) is 12.1 Å². The molecule has 0 saturated carbocycles. The zero-order chi connectivity index (χ0) is 17.2. The van der Waals surface area contributed by atoms with Gasteiger partial charge in [-0.05, 0) is 44.5 Å². The van der Waals surface area contributed by atoms with Crippen LogP contribution in [-0.2, 0) is 10.0 Å². The first-order valence-electron chi connectivity index (χ1n) is 8.15. The molecule has 3 rings (SSSR count). The van der Waals surface area contributed by atoms with E-state index < -0.39 is 10.0 Å². The molecule has 1 saturated heterocycles. The van der Waals surface area contributed by atoms with Crippen molar-refractivity contribution in [1.29, 1.82) is 0 Å². The normalized spacial score (nSPS) is 19.5. The summed E-state index contributed by atoms with van der Waals surface area (Å²) in [4.78, 5) is 6.76. The Labute approximate surface area is 142 Å². The molecule has 0 bridgehead atoms. The molecule has 7 heteroatoms. The second-order valence-corrected chi connectivity index (χ2v) is 8.17. The predicted octanol–water partition coefficient (Wildman–Crippen LogP) is 2.27. The minimum absolute atomic E-state index is 0.274. The monoisotopic (exact) mass is 349 g/mol. The summed E-state index contributed by atoms with van der Waals surface area (Å²) in [6.45, 7) is 4.28. The number of nitrogens with zero attached hydrogens (tertiary/aromatic N) is 2. The van der Waals surface area contributed by atoms with Crippen molar-refractivity contribution < 1.29 is 12.8 Å². The van der Waals surface area contributed by atoms with Crippen molar-refractivity contribution in [3.05, 3.63) is 36.4 Å². The van der Waals surface area contributed by atoms with E-state index in [1.54, 1.807) is 37.5 Å². The first kappa shape index (κ1) is 17.1. The molecule has 1 atom stereocenters. The highest BCUT2D eigenvalue weighted by atomic mass is 32.2. The number of benzene rings is 1. The molecule has 1 aliphatic rings. The van der Waals surface area contributed by atoms with Crippen molar-refractivity contribution in [2.45, 2.75) is 24.7 Å². The van der Waals surface area contributed by atoms with Crippen molar-refractivity contribution in [3.8, 4) is 11.3 Å². The SMILES string of the molecule is Cc1nc(-c2ccc(S(=O)(=O)NCC3CCCN(C)C3)cc2)co1. The highest BCUT2D eigenvalue weighted by Crippen LogP contribution is 2.21. The van der Waals surface area contributed by atoms with Crippen LogP contribution >= 0.6 is 0 Å². The Hall–Kier alpha value is -1.70. The molecule has 130 valence electrons. The minimum atomic E-state index is -3.48. The first-order valence-corrected chi connectivity index (χ1v) is 9.63. The zero-order valence-electron chi connectivity index (χ0n) is 14.0. The number of rotatable bonds is 5. The van der Waals surface area contributed by atoms with Crippen LogP contribution in [-0.4, -0.2) is 45.0 Å². The van der Waals surface area contributed by atoms with E-state index in [0.29, 0.717) is 24.0 Å². The van der Waals surface area contributed by atoms with Crippen LogP contribution in [0.1, 0.15) is 18.7 Å². The van der Waals surface area contributed by atoms with E-state index in [0.717, 1.165) is 31.5 Å².